The van der Waals surface area contributed by atoms with Crippen LogP contribution >= 0.6 is 0 Å². The lowest BCUT2D eigenvalue weighted by Crippen LogP contribution is -2.29. The van der Waals surface area contributed by atoms with Gasteiger partial charge >= 0.3 is 0 Å². The average Bonchev–Trinajstić information content (AvgIpc) is 2.80. The van der Waals surface area contributed by atoms with E-state index >= 15 is 0 Å². The van der Waals surface area contributed by atoms with Crippen LogP contribution in [0.3, 0.4) is 0 Å². The van der Waals surface area contributed by atoms with Crippen LogP contribution in [0.25, 0.3) is 0 Å². The highest BCUT2D eigenvalue weighted by molar-refractivity contribution is 5.51. The number of unbranched alkanes of at least 4 members (excludes halogenated alkanes) is 5. The minimum absolute atomic E-state index is 0.0849. The summed E-state index contributed by atoms with van der Waals surface area (Å²) in [7, 11) is 0. The molecule has 0 unspecified atom stereocenters. The molecule has 0 saturated heterocycles. The predicted octanol–water partition coefficient (Wildman–Crippen LogP) is 8.33. The van der Waals surface area contributed by atoms with Gasteiger partial charge in [-0.1, -0.05) is 137 Å². The molecule has 0 heterocycles. The number of benzene rings is 3. The van der Waals surface area contributed by atoms with Crippen molar-refractivity contribution in [1.29, 1.82) is 0 Å². The van der Waals surface area contributed by atoms with Crippen molar-refractivity contribution < 1.29 is 0 Å². The van der Waals surface area contributed by atoms with Gasteiger partial charge in [-0.3, -0.25) is 0 Å². The van der Waals surface area contributed by atoms with Crippen LogP contribution in [0.1, 0.15) is 81.0 Å². The van der Waals surface area contributed by atoms with Crippen molar-refractivity contribution >= 4 is 0 Å². The second-order valence-electron chi connectivity index (χ2n) is 8.21. The molecule has 0 aliphatic rings. The van der Waals surface area contributed by atoms with E-state index in [0.29, 0.717) is 0 Å². The Bertz CT molecular complexity index is 793. The van der Waals surface area contributed by atoms with E-state index in [-0.39, 0.29) is 5.41 Å². The average molecular weight is 385 g/mol. The molecule has 0 amide bonds. The fourth-order valence-corrected chi connectivity index (χ4v) is 4.61. The maximum atomic E-state index is 2.44. The highest BCUT2D eigenvalue weighted by Crippen LogP contribution is 2.43. The quantitative estimate of drug-likeness (QED) is 0.230. The molecule has 0 nitrogen and oxygen atoms in total. The van der Waals surface area contributed by atoms with Crippen LogP contribution in [0, 0.1) is 0 Å². The summed E-state index contributed by atoms with van der Waals surface area (Å²) in [6, 6.07) is 31.6. The minimum atomic E-state index is -0.0849. The van der Waals surface area contributed by atoms with E-state index in [2.05, 4.69) is 98.8 Å². The van der Waals surface area contributed by atoms with Crippen molar-refractivity contribution in [2.75, 3.05) is 0 Å². The normalized spacial score (nSPS) is 11.5. The number of hydrogen-bond donors (Lipinski definition) is 0. The maximum Gasteiger partial charge on any atom is 0.0451 e. The second kappa shape index (κ2) is 11.0. The summed E-state index contributed by atoms with van der Waals surface area (Å²) in [5.41, 5.74) is 5.59. The number of aryl methyl sites for hydroxylation is 1. The zero-order valence-electron chi connectivity index (χ0n) is 18.2. The molecule has 0 bridgehead atoms. The number of hydrogen-bond acceptors (Lipinski definition) is 0. The van der Waals surface area contributed by atoms with Gasteiger partial charge in [-0.2, -0.15) is 0 Å². The lowest BCUT2D eigenvalue weighted by molar-refractivity contribution is 0.498. The van der Waals surface area contributed by atoms with Crippen LogP contribution in [0.4, 0.5) is 0 Å². The van der Waals surface area contributed by atoms with Gasteiger partial charge in [-0.25, -0.2) is 0 Å². The molecule has 0 aliphatic heterocycles. The first kappa shape index (κ1) is 21.4. The van der Waals surface area contributed by atoms with Gasteiger partial charge in [0.05, 0.1) is 0 Å². The predicted molar refractivity (Wildman–Crippen MR) is 127 cm³/mol. The monoisotopic (exact) mass is 384 g/mol. The fraction of sp³-hybridized carbons (Fsp3) is 0.379. The highest BCUT2D eigenvalue weighted by atomic mass is 14.4. The van der Waals surface area contributed by atoms with Crippen LogP contribution in [0.2, 0.25) is 0 Å². The van der Waals surface area contributed by atoms with Gasteiger partial charge in [0.1, 0.15) is 0 Å². The van der Waals surface area contributed by atoms with Gasteiger partial charge in [0, 0.05) is 5.41 Å². The Kier molecular flexibility index (Phi) is 8.11. The van der Waals surface area contributed by atoms with Gasteiger partial charge in [-0.05, 0) is 35.1 Å². The molecule has 0 heteroatoms. The molecule has 0 N–H and O–H groups in total. The van der Waals surface area contributed by atoms with E-state index in [0.717, 1.165) is 12.8 Å². The first-order chi connectivity index (χ1) is 14.3. The Hall–Kier alpha value is -2.34. The molecule has 29 heavy (non-hydrogen) atoms. The molecular weight excluding hydrogens is 348 g/mol. The molecule has 0 aliphatic carbocycles. The third kappa shape index (κ3) is 5.18. The summed E-state index contributed by atoms with van der Waals surface area (Å²) in [5.74, 6) is 0. The van der Waals surface area contributed by atoms with Gasteiger partial charge < -0.3 is 0 Å². The first-order valence-corrected chi connectivity index (χ1v) is 11.5. The van der Waals surface area contributed by atoms with Crippen LogP contribution in [-0.4, -0.2) is 0 Å². The summed E-state index contributed by atoms with van der Waals surface area (Å²) in [5, 5.41) is 0. The smallest absolute Gasteiger partial charge is 0.0451 e. The van der Waals surface area contributed by atoms with Crippen LogP contribution in [0.15, 0.2) is 84.9 Å². The Morgan fingerprint density at radius 3 is 1.69 bits per heavy atom. The van der Waals surface area contributed by atoms with Crippen molar-refractivity contribution in [3.05, 3.63) is 107 Å². The summed E-state index contributed by atoms with van der Waals surface area (Å²) in [6.07, 6.45) is 10.2. The van der Waals surface area contributed by atoms with Crippen molar-refractivity contribution in [2.24, 2.45) is 0 Å². The van der Waals surface area contributed by atoms with E-state index in [1.54, 1.807) is 0 Å². The molecular formula is C29H36. The topological polar surface area (TPSA) is 0 Å². The van der Waals surface area contributed by atoms with Gasteiger partial charge in [-0.15, -0.1) is 0 Å². The van der Waals surface area contributed by atoms with Crippen molar-refractivity contribution in [3.63, 3.8) is 0 Å². The van der Waals surface area contributed by atoms with Crippen LogP contribution in [0.5, 0.6) is 0 Å². The van der Waals surface area contributed by atoms with Gasteiger partial charge in [0.2, 0.25) is 0 Å². The van der Waals surface area contributed by atoms with Crippen LogP contribution in [-0.2, 0) is 11.8 Å². The van der Waals surface area contributed by atoms with E-state index in [1.165, 1.54) is 60.8 Å². The molecule has 0 spiro atoms. The summed E-state index contributed by atoms with van der Waals surface area (Å²) in [6.45, 7) is 4.54. The van der Waals surface area contributed by atoms with Crippen molar-refractivity contribution in [2.45, 2.75) is 70.6 Å². The molecule has 0 atom stereocenters. The Morgan fingerprint density at radius 1 is 0.552 bits per heavy atom. The molecule has 0 fully saturated rings. The molecule has 0 radical (unpaired) electrons. The molecule has 3 aromatic rings. The summed E-state index contributed by atoms with van der Waals surface area (Å²) < 4.78 is 0. The molecule has 3 rings (SSSR count). The van der Waals surface area contributed by atoms with Gasteiger partial charge in [0.15, 0.2) is 0 Å². The zero-order chi connectivity index (χ0) is 20.4. The standard InChI is InChI=1S/C29H36/c1-3-5-6-7-8-15-23-29(26-18-11-9-12-19-26,27-20-13-10-14-21-27)28-22-16-17-25(4-2)24-28/h9-14,16-22,24H,3-8,15,23H2,1-2H3. The Morgan fingerprint density at radius 2 is 1.10 bits per heavy atom. The first-order valence-electron chi connectivity index (χ1n) is 11.5. The van der Waals surface area contributed by atoms with Crippen LogP contribution < -0.4 is 0 Å². The minimum Gasteiger partial charge on any atom is -0.0654 e. The van der Waals surface area contributed by atoms with Crippen molar-refractivity contribution in [3.8, 4) is 0 Å². The summed E-state index contributed by atoms with van der Waals surface area (Å²) in [4.78, 5) is 0. The lowest BCUT2D eigenvalue weighted by Gasteiger charge is -2.36. The number of rotatable bonds is 11. The fourth-order valence-electron chi connectivity index (χ4n) is 4.61. The molecule has 0 saturated carbocycles. The molecule has 152 valence electrons. The third-order valence-corrected chi connectivity index (χ3v) is 6.27. The second-order valence-corrected chi connectivity index (χ2v) is 8.21. The maximum absolute atomic E-state index is 2.44. The van der Waals surface area contributed by atoms with Gasteiger partial charge in [0.25, 0.3) is 0 Å². The van der Waals surface area contributed by atoms with E-state index < -0.39 is 0 Å². The van der Waals surface area contributed by atoms with E-state index in [4.69, 9.17) is 0 Å². The largest absolute Gasteiger partial charge is 0.0654 e. The van der Waals surface area contributed by atoms with E-state index in [9.17, 15) is 0 Å². The van der Waals surface area contributed by atoms with Crippen molar-refractivity contribution in [1.82, 2.24) is 0 Å². The Balaban J connectivity index is 2.04. The summed E-state index contributed by atoms with van der Waals surface area (Å²) >= 11 is 0. The molecule has 0 aromatic heterocycles. The molecule has 3 aromatic carbocycles. The third-order valence-electron chi connectivity index (χ3n) is 6.27. The SMILES string of the molecule is CCCCCCCCC(c1ccccc1)(c1ccccc1)c1cccc(CC)c1. The lowest BCUT2D eigenvalue weighted by atomic mass is 9.66. The zero-order valence-corrected chi connectivity index (χ0v) is 18.2. The highest BCUT2D eigenvalue weighted by Gasteiger charge is 2.35. The van der Waals surface area contributed by atoms with E-state index in [1.807, 2.05) is 0 Å². The Labute approximate surface area is 178 Å².